The fraction of sp³-hybridized carbons (Fsp3) is 0.235. The first-order valence-electron chi connectivity index (χ1n) is 6.88. The zero-order valence-electron chi connectivity index (χ0n) is 12.3. The largest absolute Gasteiger partial charge is 0.508 e. The van der Waals surface area contributed by atoms with E-state index in [1.165, 1.54) is 36.4 Å². The Kier molecular flexibility index (Phi) is 4.26. The first-order valence-corrected chi connectivity index (χ1v) is 6.88. The lowest BCUT2D eigenvalue weighted by atomic mass is 9.85. The maximum absolute atomic E-state index is 12.6. The number of rotatable bonds is 4. The molecule has 0 saturated carbocycles. The molecule has 2 atom stereocenters. The Labute approximate surface area is 128 Å². The van der Waals surface area contributed by atoms with Gasteiger partial charge in [0, 0.05) is 35.1 Å². The second kappa shape index (κ2) is 5.97. The van der Waals surface area contributed by atoms with Crippen molar-refractivity contribution in [3.8, 4) is 23.0 Å². The Morgan fingerprint density at radius 2 is 1.14 bits per heavy atom. The third-order valence-corrected chi connectivity index (χ3v) is 3.81. The van der Waals surface area contributed by atoms with E-state index in [0.717, 1.165) is 0 Å². The molecule has 0 saturated heterocycles. The monoisotopic (exact) mass is 302 g/mol. The van der Waals surface area contributed by atoms with Gasteiger partial charge in [-0.05, 0) is 12.1 Å². The molecule has 0 aromatic heterocycles. The predicted molar refractivity (Wildman–Crippen MR) is 81.4 cm³/mol. The second-order valence-corrected chi connectivity index (χ2v) is 5.33. The van der Waals surface area contributed by atoms with Gasteiger partial charge in [-0.2, -0.15) is 0 Å². The quantitative estimate of drug-likeness (QED) is 0.696. The molecular formula is C17H18O5. The molecule has 5 heteroatoms. The normalized spacial score (nSPS) is 13.5. The van der Waals surface area contributed by atoms with Gasteiger partial charge >= 0.3 is 0 Å². The summed E-state index contributed by atoms with van der Waals surface area (Å²) in [6.07, 6.45) is 0. The lowest BCUT2D eigenvalue weighted by molar-refractivity contribution is -0.121. The van der Waals surface area contributed by atoms with Gasteiger partial charge in [0.2, 0.25) is 0 Å². The standard InChI is InChI=1S/C17H18O5/c1-9(13-5-3-11(18)7-15(13)20)17(22)10(2)14-6-4-12(19)8-16(14)21/h3-10,18-21H,1-2H3. The van der Waals surface area contributed by atoms with Gasteiger partial charge in [-0.15, -0.1) is 0 Å². The minimum Gasteiger partial charge on any atom is -0.508 e. The molecule has 2 rings (SSSR count). The summed E-state index contributed by atoms with van der Waals surface area (Å²) in [7, 11) is 0. The molecular weight excluding hydrogens is 284 g/mol. The molecule has 0 spiro atoms. The van der Waals surface area contributed by atoms with Crippen LogP contribution in [0.1, 0.15) is 36.8 Å². The predicted octanol–water partition coefficient (Wildman–Crippen LogP) is 2.99. The average molecular weight is 302 g/mol. The Hall–Kier alpha value is -2.69. The number of hydrogen-bond donors (Lipinski definition) is 4. The molecule has 116 valence electrons. The fourth-order valence-electron chi connectivity index (χ4n) is 2.48. The van der Waals surface area contributed by atoms with Crippen LogP contribution in [0, 0.1) is 0 Å². The van der Waals surface area contributed by atoms with Crippen LogP contribution in [0.5, 0.6) is 23.0 Å². The van der Waals surface area contributed by atoms with E-state index in [1.807, 2.05) is 0 Å². The Morgan fingerprint density at radius 3 is 1.45 bits per heavy atom. The van der Waals surface area contributed by atoms with Gasteiger partial charge in [0.25, 0.3) is 0 Å². The summed E-state index contributed by atoms with van der Waals surface area (Å²) in [5, 5.41) is 38.3. The molecule has 0 heterocycles. The number of phenols is 4. The minimum atomic E-state index is -0.608. The van der Waals surface area contributed by atoms with Crippen molar-refractivity contribution in [2.45, 2.75) is 25.7 Å². The molecule has 0 bridgehead atoms. The highest BCUT2D eigenvalue weighted by molar-refractivity contribution is 5.92. The molecule has 0 amide bonds. The van der Waals surface area contributed by atoms with Crippen LogP contribution >= 0.6 is 0 Å². The maximum atomic E-state index is 12.6. The van der Waals surface area contributed by atoms with Gasteiger partial charge in [0.05, 0.1) is 0 Å². The zero-order valence-corrected chi connectivity index (χ0v) is 12.3. The van der Waals surface area contributed by atoms with E-state index in [0.29, 0.717) is 11.1 Å². The highest BCUT2D eigenvalue weighted by atomic mass is 16.3. The van der Waals surface area contributed by atoms with Crippen LogP contribution in [-0.2, 0) is 4.79 Å². The van der Waals surface area contributed by atoms with Crippen molar-refractivity contribution in [2.24, 2.45) is 0 Å². The number of Topliss-reactive ketones (excluding diaryl/α,β-unsaturated/α-hetero) is 1. The number of carbonyl (C=O) groups is 1. The van der Waals surface area contributed by atoms with Crippen molar-refractivity contribution in [1.29, 1.82) is 0 Å². The molecule has 0 aliphatic heterocycles. The Morgan fingerprint density at radius 1 is 0.773 bits per heavy atom. The van der Waals surface area contributed by atoms with Crippen molar-refractivity contribution in [1.82, 2.24) is 0 Å². The topological polar surface area (TPSA) is 98.0 Å². The molecule has 0 aliphatic rings. The van der Waals surface area contributed by atoms with Crippen LogP contribution in [0.2, 0.25) is 0 Å². The summed E-state index contributed by atoms with van der Waals surface area (Å²) in [4.78, 5) is 12.6. The van der Waals surface area contributed by atoms with Crippen molar-refractivity contribution in [2.75, 3.05) is 0 Å². The third-order valence-electron chi connectivity index (χ3n) is 3.81. The summed E-state index contributed by atoms with van der Waals surface area (Å²) >= 11 is 0. The van der Waals surface area contributed by atoms with E-state index in [4.69, 9.17) is 0 Å². The summed E-state index contributed by atoms with van der Waals surface area (Å²) in [6.45, 7) is 3.31. The first kappa shape index (κ1) is 15.7. The summed E-state index contributed by atoms with van der Waals surface area (Å²) in [6, 6.07) is 8.17. The summed E-state index contributed by atoms with van der Waals surface area (Å²) in [5.74, 6) is -1.87. The molecule has 4 N–H and O–H groups in total. The van der Waals surface area contributed by atoms with Gasteiger partial charge in [0.15, 0.2) is 0 Å². The maximum Gasteiger partial charge on any atom is 0.147 e. The molecule has 2 unspecified atom stereocenters. The van der Waals surface area contributed by atoms with Crippen molar-refractivity contribution >= 4 is 5.78 Å². The van der Waals surface area contributed by atoms with E-state index in [-0.39, 0.29) is 28.8 Å². The number of hydrogen-bond acceptors (Lipinski definition) is 5. The molecule has 0 fully saturated rings. The number of aromatic hydroxyl groups is 4. The molecule has 0 radical (unpaired) electrons. The van der Waals surface area contributed by atoms with Crippen LogP contribution in [0.4, 0.5) is 0 Å². The van der Waals surface area contributed by atoms with Gasteiger partial charge in [0.1, 0.15) is 28.8 Å². The Bertz CT molecular complexity index is 649. The fourth-order valence-corrected chi connectivity index (χ4v) is 2.48. The van der Waals surface area contributed by atoms with E-state index < -0.39 is 11.8 Å². The lowest BCUT2D eigenvalue weighted by Crippen LogP contribution is -2.16. The van der Waals surface area contributed by atoms with Gasteiger partial charge in [-0.1, -0.05) is 26.0 Å². The van der Waals surface area contributed by atoms with Gasteiger partial charge in [-0.25, -0.2) is 0 Å². The molecule has 2 aromatic rings. The zero-order chi connectivity index (χ0) is 16.4. The third kappa shape index (κ3) is 2.98. The number of ketones is 1. The van der Waals surface area contributed by atoms with E-state index >= 15 is 0 Å². The first-order chi connectivity index (χ1) is 10.3. The number of benzene rings is 2. The van der Waals surface area contributed by atoms with Gasteiger partial charge < -0.3 is 20.4 Å². The highest BCUT2D eigenvalue weighted by Gasteiger charge is 2.26. The van der Waals surface area contributed by atoms with E-state index in [2.05, 4.69) is 0 Å². The summed E-state index contributed by atoms with van der Waals surface area (Å²) < 4.78 is 0. The average Bonchev–Trinajstić information content (AvgIpc) is 2.45. The van der Waals surface area contributed by atoms with Crippen molar-refractivity contribution in [3.63, 3.8) is 0 Å². The van der Waals surface area contributed by atoms with Crippen LogP contribution in [0.3, 0.4) is 0 Å². The highest BCUT2D eigenvalue weighted by Crippen LogP contribution is 2.36. The molecule has 0 aliphatic carbocycles. The molecule has 2 aromatic carbocycles. The van der Waals surface area contributed by atoms with Crippen molar-refractivity contribution in [3.05, 3.63) is 47.5 Å². The minimum absolute atomic E-state index is 0.0786. The van der Waals surface area contributed by atoms with Crippen LogP contribution in [-0.4, -0.2) is 26.2 Å². The summed E-state index contributed by atoms with van der Waals surface area (Å²) in [5.41, 5.74) is 0.820. The van der Waals surface area contributed by atoms with Crippen LogP contribution < -0.4 is 0 Å². The second-order valence-electron chi connectivity index (χ2n) is 5.33. The number of phenolic OH excluding ortho intramolecular Hbond substituents is 4. The lowest BCUT2D eigenvalue weighted by Gasteiger charge is -2.19. The SMILES string of the molecule is CC(C(=O)C(C)c1ccc(O)cc1O)c1ccc(O)cc1O. The van der Waals surface area contributed by atoms with Crippen LogP contribution in [0.15, 0.2) is 36.4 Å². The number of carbonyl (C=O) groups excluding carboxylic acids is 1. The van der Waals surface area contributed by atoms with Crippen LogP contribution in [0.25, 0.3) is 0 Å². The molecule has 5 nitrogen and oxygen atoms in total. The van der Waals surface area contributed by atoms with E-state index in [9.17, 15) is 25.2 Å². The smallest absolute Gasteiger partial charge is 0.147 e. The Balaban J connectivity index is 2.29. The van der Waals surface area contributed by atoms with Crippen molar-refractivity contribution < 1.29 is 25.2 Å². The van der Waals surface area contributed by atoms with E-state index in [1.54, 1.807) is 13.8 Å². The van der Waals surface area contributed by atoms with Gasteiger partial charge in [-0.3, -0.25) is 4.79 Å². The molecule has 22 heavy (non-hydrogen) atoms.